The molecule has 6 saturated carbocycles. The molecule has 6 rings (SSSR count). The van der Waals surface area contributed by atoms with Crippen LogP contribution in [0.15, 0.2) is 0 Å². The molecule has 0 nitrogen and oxygen atoms in total. The highest BCUT2D eigenvalue weighted by molar-refractivity contribution is 5.08. The van der Waals surface area contributed by atoms with Gasteiger partial charge in [-0.2, -0.15) is 0 Å². The normalized spacial score (nSPS) is 30.3. The van der Waals surface area contributed by atoms with E-state index >= 15 is 0 Å². The second-order valence-corrected chi connectivity index (χ2v) is 27.2. The van der Waals surface area contributed by atoms with Gasteiger partial charge in [0.1, 0.15) is 0 Å². The summed E-state index contributed by atoms with van der Waals surface area (Å²) in [5.41, 5.74) is 0.841. The van der Waals surface area contributed by atoms with Crippen molar-refractivity contribution in [2.75, 3.05) is 0 Å². The van der Waals surface area contributed by atoms with E-state index in [4.69, 9.17) is 0 Å². The lowest BCUT2D eigenvalue weighted by molar-refractivity contribution is -0.159. The number of rotatable bonds is 26. The van der Waals surface area contributed by atoms with Crippen molar-refractivity contribution in [2.24, 2.45) is 141 Å². The molecule has 356 valence electrons. The van der Waals surface area contributed by atoms with Crippen LogP contribution in [0, 0.1) is 141 Å². The van der Waals surface area contributed by atoms with Gasteiger partial charge in [-0.3, -0.25) is 0 Å². The first-order valence-electron chi connectivity index (χ1n) is 28.8. The largest absolute Gasteiger partial charge is 0.0622 e. The minimum Gasteiger partial charge on any atom is -0.0622 e. The Morgan fingerprint density at radius 2 is 0.770 bits per heavy atom. The molecule has 0 bridgehead atoms. The Morgan fingerprint density at radius 3 is 1.16 bits per heavy atom. The maximum Gasteiger partial charge on any atom is -0.0182 e. The molecule has 0 spiro atoms. The summed E-state index contributed by atoms with van der Waals surface area (Å²) in [5.74, 6) is 19.0. The van der Waals surface area contributed by atoms with Crippen molar-refractivity contribution in [3.63, 3.8) is 0 Å². The lowest BCUT2D eigenvalue weighted by Gasteiger charge is -2.64. The molecule has 61 heavy (non-hydrogen) atoms. The van der Waals surface area contributed by atoms with Crippen LogP contribution in [0.3, 0.4) is 0 Å². The Morgan fingerprint density at radius 1 is 0.377 bits per heavy atom. The van der Waals surface area contributed by atoms with Gasteiger partial charge in [-0.1, -0.05) is 214 Å². The first-order chi connectivity index (χ1) is 28.8. The van der Waals surface area contributed by atoms with Gasteiger partial charge in [-0.25, -0.2) is 0 Å². The number of hydrogen-bond acceptors (Lipinski definition) is 0. The molecule has 6 fully saturated rings. The van der Waals surface area contributed by atoms with E-state index in [0.717, 1.165) is 130 Å². The molecule has 17 unspecified atom stereocenters. The monoisotopic (exact) mass is 845 g/mol. The van der Waals surface area contributed by atoms with Gasteiger partial charge in [0.05, 0.1) is 0 Å². The van der Waals surface area contributed by atoms with Crippen molar-refractivity contribution in [1.82, 2.24) is 0 Å². The Balaban J connectivity index is 1.32. The standard InChI is InChI=1S/C61H112/c1-38(52-23-17-24-52)35-40(3)59(41(4)37-60(15,16)49(12)44(7)46(9)54-27-19-28-54)48(11)42(5)43(6)50(13)61(57-33-22-34-57,51(14)45(8)47(10)55-29-20-30-55)58(56-31-21-32-56)36-39(2)53-25-18-26-53/h38-59H,17-37H2,1-16H3. The third-order valence-electron chi connectivity index (χ3n) is 24.5. The maximum absolute atomic E-state index is 2.92. The maximum atomic E-state index is 2.92. The Labute approximate surface area is 385 Å². The summed E-state index contributed by atoms with van der Waals surface area (Å²) in [6.45, 7) is 44.0. The van der Waals surface area contributed by atoms with Gasteiger partial charge in [0.2, 0.25) is 0 Å². The topological polar surface area (TPSA) is 0 Å². The second-order valence-electron chi connectivity index (χ2n) is 27.2. The molecule has 17 atom stereocenters. The van der Waals surface area contributed by atoms with E-state index in [1.807, 2.05) is 0 Å². The van der Waals surface area contributed by atoms with Crippen molar-refractivity contribution in [3.05, 3.63) is 0 Å². The molecule has 0 aliphatic heterocycles. The fourth-order valence-electron chi connectivity index (χ4n) is 17.6. The van der Waals surface area contributed by atoms with Gasteiger partial charge in [-0.05, 0) is 173 Å². The predicted molar refractivity (Wildman–Crippen MR) is 269 cm³/mol. The third kappa shape index (κ3) is 10.4. The lowest BCUT2D eigenvalue weighted by Crippen LogP contribution is -2.58. The summed E-state index contributed by atoms with van der Waals surface area (Å²) in [5, 5.41) is 0. The van der Waals surface area contributed by atoms with Crippen LogP contribution in [0.4, 0.5) is 0 Å². The van der Waals surface area contributed by atoms with Crippen molar-refractivity contribution in [2.45, 2.75) is 246 Å². The Kier molecular flexibility index (Phi) is 17.6. The molecule has 0 heterocycles. The molecule has 0 aromatic heterocycles. The van der Waals surface area contributed by atoms with Gasteiger partial charge in [0.15, 0.2) is 0 Å². The highest BCUT2D eigenvalue weighted by atomic mass is 14.6. The number of hydrogen-bond donors (Lipinski definition) is 0. The van der Waals surface area contributed by atoms with E-state index in [1.54, 1.807) is 6.42 Å². The quantitative estimate of drug-likeness (QED) is 0.0814. The molecular formula is C61H112. The summed E-state index contributed by atoms with van der Waals surface area (Å²) in [6, 6.07) is 0. The zero-order chi connectivity index (χ0) is 44.6. The van der Waals surface area contributed by atoms with Crippen LogP contribution in [0.1, 0.15) is 246 Å². The summed E-state index contributed by atoms with van der Waals surface area (Å²) >= 11 is 0. The predicted octanol–water partition coefficient (Wildman–Crippen LogP) is 19.1. The van der Waals surface area contributed by atoms with Gasteiger partial charge >= 0.3 is 0 Å². The van der Waals surface area contributed by atoms with E-state index in [1.165, 1.54) is 128 Å². The van der Waals surface area contributed by atoms with E-state index in [2.05, 4.69) is 111 Å². The van der Waals surface area contributed by atoms with Crippen LogP contribution >= 0.6 is 0 Å². The molecule has 0 amide bonds. The van der Waals surface area contributed by atoms with Gasteiger partial charge in [0, 0.05) is 0 Å². The van der Waals surface area contributed by atoms with E-state index < -0.39 is 0 Å². The zero-order valence-corrected chi connectivity index (χ0v) is 44.6. The molecule has 6 aliphatic rings. The highest BCUT2D eigenvalue weighted by Gasteiger charge is 2.60. The second kappa shape index (κ2) is 21.3. The third-order valence-corrected chi connectivity index (χ3v) is 24.5. The molecule has 0 radical (unpaired) electrons. The first kappa shape index (κ1) is 50.4. The summed E-state index contributed by atoms with van der Waals surface area (Å²) in [6.07, 6.45) is 31.5. The zero-order valence-electron chi connectivity index (χ0n) is 44.6. The van der Waals surface area contributed by atoms with Crippen LogP contribution in [-0.2, 0) is 0 Å². The average Bonchev–Trinajstić information content (AvgIpc) is 3.06. The minimum atomic E-state index is 0.367. The van der Waals surface area contributed by atoms with Crippen molar-refractivity contribution < 1.29 is 0 Å². The fourth-order valence-corrected chi connectivity index (χ4v) is 17.6. The van der Waals surface area contributed by atoms with E-state index in [0.29, 0.717) is 10.8 Å². The minimum absolute atomic E-state index is 0.367. The molecule has 6 aliphatic carbocycles. The fraction of sp³-hybridized carbons (Fsp3) is 1.00. The van der Waals surface area contributed by atoms with E-state index in [-0.39, 0.29) is 0 Å². The van der Waals surface area contributed by atoms with Crippen molar-refractivity contribution >= 4 is 0 Å². The molecule has 0 N–H and O–H groups in total. The summed E-state index contributed by atoms with van der Waals surface area (Å²) < 4.78 is 0. The smallest absolute Gasteiger partial charge is 0.0182 e. The first-order valence-corrected chi connectivity index (χ1v) is 28.8. The van der Waals surface area contributed by atoms with Crippen LogP contribution in [-0.4, -0.2) is 0 Å². The molecule has 0 aromatic carbocycles. The van der Waals surface area contributed by atoms with Crippen LogP contribution in [0.2, 0.25) is 0 Å². The van der Waals surface area contributed by atoms with Crippen LogP contribution in [0.5, 0.6) is 0 Å². The van der Waals surface area contributed by atoms with Crippen molar-refractivity contribution in [3.8, 4) is 0 Å². The Bertz CT molecular complexity index is 1280. The van der Waals surface area contributed by atoms with Gasteiger partial charge in [-0.15, -0.1) is 0 Å². The van der Waals surface area contributed by atoms with Crippen LogP contribution in [0.25, 0.3) is 0 Å². The van der Waals surface area contributed by atoms with Crippen molar-refractivity contribution in [1.29, 1.82) is 0 Å². The highest BCUT2D eigenvalue weighted by Crippen LogP contribution is 2.66. The Hall–Kier alpha value is 0. The van der Waals surface area contributed by atoms with Gasteiger partial charge in [0.25, 0.3) is 0 Å². The molecule has 0 aromatic rings. The van der Waals surface area contributed by atoms with E-state index in [9.17, 15) is 0 Å². The molecule has 0 heteroatoms. The molecular weight excluding hydrogens is 733 g/mol. The summed E-state index contributed by atoms with van der Waals surface area (Å²) in [4.78, 5) is 0. The van der Waals surface area contributed by atoms with Gasteiger partial charge < -0.3 is 0 Å². The van der Waals surface area contributed by atoms with Crippen LogP contribution < -0.4 is 0 Å². The average molecular weight is 846 g/mol. The summed E-state index contributed by atoms with van der Waals surface area (Å²) in [7, 11) is 0. The molecule has 0 saturated heterocycles. The lowest BCUT2D eigenvalue weighted by atomic mass is 9.41. The SMILES string of the molecule is CC(CC(C)C(C(C)CC(C)(C)C(C)C(C)C(C)C1CCC1)C(C)C(C)C(C)C(C)C(C1CCC1)(C(C)C(C)C(C)C1CCC1)C(CC(C)C1CCC1)C1CCC1)C1CCC1.